The van der Waals surface area contributed by atoms with Crippen molar-refractivity contribution in [2.75, 3.05) is 14.1 Å². The van der Waals surface area contributed by atoms with Crippen LogP contribution < -0.4 is 0 Å². The highest BCUT2D eigenvalue weighted by Crippen LogP contribution is 2.25. The number of pyridine rings is 1. The zero-order valence-corrected chi connectivity index (χ0v) is 16.0. The predicted molar refractivity (Wildman–Crippen MR) is 95.5 cm³/mol. The molecular weight excluding hydrogens is 396 g/mol. The second-order valence-corrected chi connectivity index (χ2v) is 6.44. The Morgan fingerprint density at radius 3 is 2.41 bits per heavy atom. The maximum atomic E-state index is 13.9. The van der Waals surface area contributed by atoms with Gasteiger partial charge >= 0.3 is 12.1 Å². The minimum Gasteiger partial charge on any atom is -0.475 e. The van der Waals surface area contributed by atoms with Crippen molar-refractivity contribution in [1.29, 1.82) is 0 Å². The summed E-state index contributed by atoms with van der Waals surface area (Å²) >= 11 is 0. The van der Waals surface area contributed by atoms with E-state index in [9.17, 15) is 17.6 Å². The molecule has 0 saturated carbocycles. The highest BCUT2D eigenvalue weighted by Gasteiger charge is 2.38. The Morgan fingerprint density at radius 2 is 1.86 bits per heavy atom. The van der Waals surface area contributed by atoms with Crippen LogP contribution in [0.4, 0.5) is 17.6 Å². The van der Waals surface area contributed by atoms with Crippen LogP contribution in [0.15, 0.2) is 28.9 Å². The van der Waals surface area contributed by atoms with Crippen LogP contribution in [-0.4, -0.2) is 51.4 Å². The molecule has 0 unspecified atom stereocenters. The number of hydrogen-bond donors (Lipinski definition) is 1. The number of alkyl halides is 3. The van der Waals surface area contributed by atoms with E-state index < -0.39 is 12.1 Å². The van der Waals surface area contributed by atoms with Gasteiger partial charge in [0.05, 0.1) is 6.04 Å². The van der Waals surface area contributed by atoms with E-state index in [0.717, 1.165) is 10.9 Å². The van der Waals surface area contributed by atoms with Crippen molar-refractivity contribution in [3.05, 3.63) is 41.7 Å². The van der Waals surface area contributed by atoms with Gasteiger partial charge in [-0.25, -0.2) is 9.18 Å². The lowest BCUT2D eigenvalue weighted by Crippen LogP contribution is -2.21. The number of nitrogens with zero attached hydrogens (tertiary/aromatic N) is 4. The molecule has 3 rings (SSSR count). The first-order chi connectivity index (χ1) is 13.4. The van der Waals surface area contributed by atoms with Crippen LogP contribution in [0.3, 0.4) is 0 Å². The van der Waals surface area contributed by atoms with Gasteiger partial charge in [0.2, 0.25) is 11.7 Å². The summed E-state index contributed by atoms with van der Waals surface area (Å²) in [6.07, 6.45) is -3.52. The normalized spacial score (nSPS) is 12.6. The molecule has 0 aliphatic rings. The standard InChI is InChI=1S/C16H17FN4O.C2HF3O2/c1-9-5-11-7-12(8-18-14(11)13(17)6-9)15-19-16(22-20-15)10(2)21(3)4;3-2(4,5)1(6)7/h5-8,10H,1-4H3;(H,6,7)/t10-;/m1./s1. The quantitative estimate of drug-likeness (QED) is 0.648. The Balaban J connectivity index is 0.000000370. The fourth-order valence-electron chi connectivity index (χ4n) is 2.21. The maximum absolute atomic E-state index is 13.9. The van der Waals surface area contributed by atoms with Crippen LogP contribution in [0.5, 0.6) is 0 Å². The lowest BCUT2D eigenvalue weighted by molar-refractivity contribution is -0.192. The lowest BCUT2D eigenvalue weighted by atomic mass is 10.1. The number of halogens is 4. The number of fused-ring (bicyclic) bond motifs is 1. The van der Waals surface area contributed by atoms with Gasteiger partial charge in [-0.3, -0.25) is 9.88 Å². The van der Waals surface area contributed by atoms with Gasteiger partial charge in [0, 0.05) is 17.1 Å². The van der Waals surface area contributed by atoms with Crippen LogP contribution in [-0.2, 0) is 4.79 Å². The summed E-state index contributed by atoms with van der Waals surface area (Å²) in [6, 6.07) is 5.21. The SMILES string of the molecule is Cc1cc(F)c2ncc(-c3noc([C@@H](C)N(C)C)n3)cc2c1.O=C(O)C(F)(F)F. The molecule has 2 aromatic heterocycles. The van der Waals surface area contributed by atoms with E-state index in [4.69, 9.17) is 14.4 Å². The molecule has 0 fully saturated rings. The molecule has 0 saturated heterocycles. The van der Waals surface area contributed by atoms with E-state index in [1.807, 2.05) is 45.0 Å². The third-order valence-electron chi connectivity index (χ3n) is 3.96. The van der Waals surface area contributed by atoms with E-state index in [-0.39, 0.29) is 11.9 Å². The number of carboxylic acids is 1. The Hall–Kier alpha value is -3.08. The number of hydrogen-bond acceptors (Lipinski definition) is 6. The molecule has 0 aliphatic heterocycles. The van der Waals surface area contributed by atoms with Crippen molar-refractivity contribution < 1.29 is 32.0 Å². The minimum absolute atomic E-state index is 0.0226. The minimum atomic E-state index is -5.08. The van der Waals surface area contributed by atoms with Gasteiger partial charge in [-0.15, -0.1) is 0 Å². The third-order valence-corrected chi connectivity index (χ3v) is 3.96. The second kappa shape index (κ2) is 8.52. The fraction of sp³-hybridized carbons (Fsp3) is 0.333. The highest BCUT2D eigenvalue weighted by molar-refractivity contribution is 5.83. The number of aromatic nitrogens is 3. The monoisotopic (exact) mass is 414 g/mol. The van der Waals surface area contributed by atoms with E-state index in [2.05, 4.69) is 15.1 Å². The summed E-state index contributed by atoms with van der Waals surface area (Å²) in [5, 5.41) is 11.8. The molecule has 156 valence electrons. The van der Waals surface area contributed by atoms with E-state index in [1.54, 1.807) is 6.20 Å². The van der Waals surface area contributed by atoms with Crippen molar-refractivity contribution >= 4 is 16.9 Å². The number of carboxylic acid groups (broad SMARTS) is 1. The van der Waals surface area contributed by atoms with E-state index >= 15 is 0 Å². The first-order valence-electron chi connectivity index (χ1n) is 8.26. The first-order valence-corrected chi connectivity index (χ1v) is 8.26. The van der Waals surface area contributed by atoms with Crippen molar-refractivity contribution in [3.63, 3.8) is 0 Å². The molecule has 0 amide bonds. The molecule has 1 atom stereocenters. The van der Waals surface area contributed by atoms with E-state index in [1.165, 1.54) is 6.07 Å². The first kappa shape index (κ1) is 22.2. The molecule has 0 bridgehead atoms. The number of rotatable bonds is 3. The van der Waals surface area contributed by atoms with Gasteiger partial charge in [-0.05, 0) is 51.7 Å². The highest BCUT2D eigenvalue weighted by atomic mass is 19.4. The zero-order chi connectivity index (χ0) is 21.9. The van der Waals surface area contributed by atoms with Crippen molar-refractivity contribution in [2.24, 2.45) is 0 Å². The Kier molecular flexibility index (Phi) is 6.52. The summed E-state index contributed by atoms with van der Waals surface area (Å²) in [5.74, 6) is -2.08. The van der Waals surface area contributed by atoms with Gasteiger partial charge in [0.25, 0.3) is 0 Å². The number of carbonyl (C=O) groups is 1. The summed E-state index contributed by atoms with van der Waals surface area (Å²) in [4.78, 5) is 19.5. The molecule has 2 heterocycles. The largest absolute Gasteiger partial charge is 0.490 e. The average Bonchev–Trinajstić information content (AvgIpc) is 3.10. The molecule has 1 aromatic carbocycles. The summed E-state index contributed by atoms with van der Waals surface area (Å²) in [7, 11) is 3.88. The van der Waals surface area contributed by atoms with Crippen LogP contribution in [0.1, 0.15) is 24.4 Å². The van der Waals surface area contributed by atoms with Crippen LogP contribution >= 0.6 is 0 Å². The fourth-order valence-corrected chi connectivity index (χ4v) is 2.21. The maximum Gasteiger partial charge on any atom is 0.490 e. The van der Waals surface area contributed by atoms with Gasteiger partial charge in [-0.2, -0.15) is 18.2 Å². The smallest absolute Gasteiger partial charge is 0.475 e. The molecule has 0 radical (unpaired) electrons. The summed E-state index contributed by atoms with van der Waals surface area (Å²) < 4.78 is 50.9. The van der Waals surface area contributed by atoms with Gasteiger partial charge in [0.15, 0.2) is 0 Å². The van der Waals surface area contributed by atoms with Crippen LogP contribution in [0.2, 0.25) is 0 Å². The van der Waals surface area contributed by atoms with Crippen molar-refractivity contribution in [3.8, 4) is 11.4 Å². The van der Waals surface area contributed by atoms with Crippen LogP contribution in [0.25, 0.3) is 22.3 Å². The number of aliphatic carboxylic acids is 1. The van der Waals surface area contributed by atoms with Gasteiger partial charge < -0.3 is 9.63 Å². The molecule has 3 aromatic rings. The van der Waals surface area contributed by atoms with E-state index in [0.29, 0.717) is 22.8 Å². The number of aryl methyl sites for hydroxylation is 1. The predicted octanol–water partition coefficient (Wildman–Crippen LogP) is 3.99. The van der Waals surface area contributed by atoms with Crippen LogP contribution in [0, 0.1) is 12.7 Å². The van der Waals surface area contributed by atoms with Gasteiger partial charge in [0.1, 0.15) is 11.3 Å². The zero-order valence-electron chi connectivity index (χ0n) is 16.0. The summed E-state index contributed by atoms with van der Waals surface area (Å²) in [5.41, 5.74) is 1.90. The summed E-state index contributed by atoms with van der Waals surface area (Å²) in [6.45, 7) is 3.83. The van der Waals surface area contributed by atoms with Crippen molar-refractivity contribution in [1.82, 2.24) is 20.0 Å². The molecular formula is C18H18F4N4O3. The molecule has 0 spiro atoms. The molecule has 7 nitrogen and oxygen atoms in total. The van der Waals surface area contributed by atoms with Crippen molar-refractivity contribution in [2.45, 2.75) is 26.1 Å². The Morgan fingerprint density at radius 1 is 1.24 bits per heavy atom. The second-order valence-electron chi connectivity index (χ2n) is 6.44. The molecule has 1 N–H and O–H groups in total. The Bertz CT molecular complexity index is 1020. The molecule has 29 heavy (non-hydrogen) atoms. The van der Waals surface area contributed by atoms with Gasteiger partial charge in [-0.1, -0.05) is 5.16 Å². The Labute approximate surface area is 163 Å². The average molecular weight is 414 g/mol. The molecule has 11 heteroatoms. The lowest BCUT2D eigenvalue weighted by Gasteiger charge is -2.14. The molecule has 0 aliphatic carbocycles. The third kappa shape index (κ3) is 5.47. The number of benzene rings is 1. The topological polar surface area (TPSA) is 92.4 Å².